The molecule has 0 aromatic heterocycles. The zero-order chi connectivity index (χ0) is 14.8. The van der Waals surface area contributed by atoms with E-state index in [4.69, 9.17) is 10.6 Å². The van der Waals surface area contributed by atoms with Crippen molar-refractivity contribution in [1.29, 1.82) is 0 Å². The third kappa shape index (κ3) is 2.77. The van der Waals surface area contributed by atoms with Crippen LogP contribution in [0.2, 0.25) is 0 Å². The molecule has 1 aliphatic rings. The molecule has 1 heterocycles. The summed E-state index contributed by atoms with van der Waals surface area (Å²) in [4.78, 5) is 1.26. The molecule has 3 N–H and O–H groups in total. The third-order valence-electron chi connectivity index (χ3n) is 3.75. The SMILES string of the molecule is COc1ccc(F)cc1C(NN)C1Cc2ccccc2S1. The number of benzene rings is 2. The number of nitrogens with two attached hydrogens (primary N) is 1. The van der Waals surface area contributed by atoms with Crippen LogP contribution in [0.25, 0.3) is 0 Å². The topological polar surface area (TPSA) is 47.3 Å². The fourth-order valence-electron chi connectivity index (χ4n) is 2.74. The van der Waals surface area contributed by atoms with E-state index in [9.17, 15) is 4.39 Å². The molecule has 3 nitrogen and oxygen atoms in total. The molecule has 0 fully saturated rings. The van der Waals surface area contributed by atoms with Crippen molar-refractivity contribution >= 4 is 11.8 Å². The van der Waals surface area contributed by atoms with Crippen LogP contribution >= 0.6 is 11.8 Å². The van der Waals surface area contributed by atoms with Crippen LogP contribution in [0.1, 0.15) is 17.2 Å². The van der Waals surface area contributed by atoms with Crippen LogP contribution in [-0.4, -0.2) is 12.4 Å². The smallest absolute Gasteiger partial charge is 0.123 e. The first kappa shape index (κ1) is 14.4. The molecule has 21 heavy (non-hydrogen) atoms. The van der Waals surface area contributed by atoms with Crippen LogP contribution in [0.5, 0.6) is 5.75 Å². The molecule has 0 spiro atoms. The highest BCUT2D eigenvalue weighted by Crippen LogP contribution is 2.43. The van der Waals surface area contributed by atoms with Gasteiger partial charge in [0.2, 0.25) is 0 Å². The van der Waals surface area contributed by atoms with E-state index < -0.39 is 0 Å². The lowest BCUT2D eigenvalue weighted by Crippen LogP contribution is -2.35. The number of nitrogens with one attached hydrogen (secondary N) is 1. The summed E-state index contributed by atoms with van der Waals surface area (Å²) in [5, 5.41) is 0.211. The lowest BCUT2D eigenvalue weighted by molar-refractivity contribution is 0.396. The minimum atomic E-state index is -0.286. The molecule has 2 aromatic rings. The Morgan fingerprint density at radius 1 is 1.33 bits per heavy atom. The summed E-state index contributed by atoms with van der Waals surface area (Å²) in [5.74, 6) is 6.12. The zero-order valence-corrected chi connectivity index (χ0v) is 12.5. The Labute approximate surface area is 127 Å². The van der Waals surface area contributed by atoms with E-state index in [1.165, 1.54) is 22.6 Å². The quantitative estimate of drug-likeness (QED) is 0.673. The average molecular weight is 304 g/mol. The van der Waals surface area contributed by atoms with Crippen LogP contribution in [0, 0.1) is 5.82 Å². The van der Waals surface area contributed by atoms with Crippen molar-refractivity contribution in [2.75, 3.05) is 7.11 Å². The molecule has 0 bridgehead atoms. The van der Waals surface area contributed by atoms with Crippen LogP contribution < -0.4 is 16.0 Å². The molecule has 0 aliphatic carbocycles. The largest absolute Gasteiger partial charge is 0.496 e. The molecule has 2 atom stereocenters. The zero-order valence-electron chi connectivity index (χ0n) is 11.7. The summed E-state index contributed by atoms with van der Waals surface area (Å²) in [7, 11) is 1.58. The molecule has 2 unspecified atom stereocenters. The maximum atomic E-state index is 13.6. The fraction of sp³-hybridized carbons (Fsp3) is 0.250. The molecule has 0 saturated carbocycles. The Morgan fingerprint density at radius 2 is 2.14 bits per heavy atom. The molecular weight excluding hydrogens is 287 g/mol. The number of thioether (sulfide) groups is 1. The van der Waals surface area contributed by atoms with Gasteiger partial charge in [0.15, 0.2) is 0 Å². The number of hydrogen-bond acceptors (Lipinski definition) is 4. The van der Waals surface area contributed by atoms with Crippen molar-refractivity contribution in [2.45, 2.75) is 22.6 Å². The van der Waals surface area contributed by atoms with Gasteiger partial charge in [0.25, 0.3) is 0 Å². The first-order valence-electron chi connectivity index (χ1n) is 6.77. The first-order chi connectivity index (χ1) is 10.2. The highest BCUT2D eigenvalue weighted by molar-refractivity contribution is 8.00. The van der Waals surface area contributed by atoms with Gasteiger partial charge in [0.1, 0.15) is 11.6 Å². The number of hydrazine groups is 1. The van der Waals surface area contributed by atoms with Gasteiger partial charge in [-0.25, -0.2) is 4.39 Å². The van der Waals surface area contributed by atoms with Crippen molar-refractivity contribution < 1.29 is 9.13 Å². The predicted molar refractivity (Wildman–Crippen MR) is 82.8 cm³/mol. The van der Waals surface area contributed by atoms with Gasteiger partial charge in [-0.05, 0) is 36.2 Å². The van der Waals surface area contributed by atoms with Crippen molar-refractivity contribution in [3.05, 3.63) is 59.4 Å². The maximum absolute atomic E-state index is 13.6. The van der Waals surface area contributed by atoms with Gasteiger partial charge in [-0.1, -0.05) is 18.2 Å². The Kier molecular flexibility index (Phi) is 4.14. The summed E-state index contributed by atoms with van der Waals surface area (Å²) >= 11 is 1.77. The molecular formula is C16H17FN2OS. The summed E-state index contributed by atoms with van der Waals surface area (Å²) in [6, 6.07) is 12.7. The van der Waals surface area contributed by atoms with Gasteiger partial charge in [0, 0.05) is 15.7 Å². The Bertz CT molecular complexity index is 625. The van der Waals surface area contributed by atoms with Crippen molar-refractivity contribution in [3.63, 3.8) is 0 Å². The molecule has 1 aliphatic heterocycles. The Hall–Kier alpha value is -1.56. The molecule has 3 rings (SSSR count). The summed E-state index contributed by atoms with van der Waals surface area (Å²) in [6.07, 6.45) is 0.898. The van der Waals surface area contributed by atoms with Crippen LogP contribution in [0.3, 0.4) is 0 Å². The van der Waals surface area contributed by atoms with Gasteiger partial charge in [-0.3, -0.25) is 11.3 Å². The van der Waals surface area contributed by atoms with Crippen LogP contribution in [0.4, 0.5) is 4.39 Å². The number of fused-ring (bicyclic) bond motifs is 1. The normalized spacial score (nSPS) is 18.3. The molecule has 0 amide bonds. The fourth-order valence-corrected chi connectivity index (χ4v) is 4.15. The number of methoxy groups -OCH3 is 1. The Balaban J connectivity index is 1.92. The summed E-state index contributed by atoms with van der Waals surface area (Å²) < 4.78 is 18.9. The van der Waals surface area contributed by atoms with Gasteiger partial charge >= 0.3 is 0 Å². The average Bonchev–Trinajstić information content (AvgIpc) is 2.92. The third-order valence-corrected chi connectivity index (χ3v) is 5.14. The van der Waals surface area contributed by atoms with Crippen molar-refractivity contribution in [3.8, 4) is 5.75 Å². The van der Waals surface area contributed by atoms with Gasteiger partial charge in [0.05, 0.1) is 13.2 Å². The van der Waals surface area contributed by atoms with E-state index in [1.807, 2.05) is 12.1 Å². The van der Waals surface area contributed by atoms with Crippen LogP contribution in [0.15, 0.2) is 47.4 Å². The molecule has 110 valence electrons. The summed E-state index contributed by atoms with van der Waals surface area (Å²) in [6.45, 7) is 0. The monoisotopic (exact) mass is 304 g/mol. The highest BCUT2D eigenvalue weighted by atomic mass is 32.2. The van der Waals surface area contributed by atoms with Gasteiger partial charge < -0.3 is 4.74 Å². The van der Waals surface area contributed by atoms with E-state index in [0.29, 0.717) is 5.75 Å². The minimum absolute atomic E-state index is 0.173. The van der Waals surface area contributed by atoms with E-state index in [-0.39, 0.29) is 17.1 Å². The second kappa shape index (κ2) is 6.05. The maximum Gasteiger partial charge on any atom is 0.123 e. The number of hydrogen-bond donors (Lipinski definition) is 2. The second-order valence-electron chi connectivity index (χ2n) is 5.00. The van der Waals surface area contributed by atoms with Crippen molar-refractivity contribution in [1.82, 2.24) is 5.43 Å². The second-order valence-corrected chi connectivity index (χ2v) is 6.28. The highest BCUT2D eigenvalue weighted by Gasteiger charge is 2.31. The van der Waals surface area contributed by atoms with Crippen molar-refractivity contribution in [2.24, 2.45) is 5.84 Å². The van der Waals surface area contributed by atoms with Gasteiger partial charge in [-0.15, -0.1) is 11.8 Å². The van der Waals surface area contributed by atoms with E-state index >= 15 is 0 Å². The molecule has 0 saturated heterocycles. The van der Waals surface area contributed by atoms with E-state index in [2.05, 4.69) is 17.6 Å². The lowest BCUT2D eigenvalue weighted by atomic mass is 9.98. The number of rotatable bonds is 4. The standard InChI is InChI=1S/C16H17FN2OS/c1-20-13-7-6-11(17)9-12(13)16(19-18)15-8-10-4-2-3-5-14(10)21-15/h2-7,9,15-16,19H,8,18H2,1H3. The van der Waals surface area contributed by atoms with Crippen LogP contribution in [-0.2, 0) is 6.42 Å². The molecule has 2 aromatic carbocycles. The Morgan fingerprint density at radius 3 is 2.86 bits per heavy atom. The molecule has 0 radical (unpaired) electrons. The lowest BCUT2D eigenvalue weighted by Gasteiger charge is -2.24. The van der Waals surface area contributed by atoms with Gasteiger partial charge in [-0.2, -0.15) is 0 Å². The van der Waals surface area contributed by atoms with E-state index in [0.717, 1.165) is 12.0 Å². The molecule has 5 heteroatoms. The number of halogens is 1. The predicted octanol–water partition coefficient (Wildman–Crippen LogP) is 3.06. The minimum Gasteiger partial charge on any atom is -0.496 e. The van der Waals surface area contributed by atoms with E-state index in [1.54, 1.807) is 24.9 Å². The summed E-state index contributed by atoms with van der Waals surface area (Å²) in [5.41, 5.74) is 4.89. The number of ether oxygens (including phenoxy) is 1. The first-order valence-corrected chi connectivity index (χ1v) is 7.65.